The average molecular weight is 580 g/mol. The van der Waals surface area contributed by atoms with Crippen LogP contribution in [0.1, 0.15) is 25.7 Å². The summed E-state index contributed by atoms with van der Waals surface area (Å²) in [5, 5.41) is 6.38. The lowest BCUT2D eigenvalue weighted by molar-refractivity contribution is -0.131. The van der Waals surface area contributed by atoms with Gasteiger partial charge >= 0.3 is 0 Å². The highest BCUT2D eigenvalue weighted by atomic mass is 35.5. The number of alkyl halides is 1. The Morgan fingerprint density at radius 1 is 1.13 bits per heavy atom. The molecular formula is C27H25Cl2F2N3O5. The van der Waals surface area contributed by atoms with Gasteiger partial charge in [0.25, 0.3) is 11.8 Å². The highest BCUT2D eigenvalue weighted by Gasteiger charge is 2.58. The zero-order valence-corrected chi connectivity index (χ0v) is 22.1. The largest absolute Gasteiger partial charge is 0.484 e. The highest BCUT2D eigenvalue weighted by molar-refractivity contribution is 6.31. The van der Waals surface area contributed by atoms with Crippen LogP contribution in [0.15, 0.2) is 36.4 Å². The molecule has 0 aromatic heterocycles. The van der Waals surface area contributed by atoms with Crippen LogP contribution in [0.25, 0.3) is 0 Å². The van der Waals surface area contributed by atoms with Crippen LogP contribution in [0.2, 0.25) is 10.0 Å². The van der Waals surface area contributed by atoms with Gasteiger partial charge in [-0.3, -0.25) is 14.4 Å². The Bertz CT molecular complexity index is 1350. The van der Waals surface area contributed by atoms with Crippen LogP contribution in [-0.2, 0) is 14.4 Å². The Morgan fingerprint density at radius 3 is 2.62 bits per heavy atom. The van der Waals surface area contributed by atoms with Crippen molar-refractivity contribution >= 4 is 46.6 Å². The van der Waals surface area contributed by atoms with E-state index >= 15 is 0 Å². The fourth-order valence-electron chi connectivity index (χ4n) is 5.83. The minimum atomic E-state index is -1.18. The number of hydrogen-bond donors (Lipinski definition) is 2. The smallest absolute Gasteiger partial charge is 0.263 e. The summed E-state index contributed by atoms with van der Waals surface area (Å²) in [6.45, 7) is -0.336. The van der Waals surface area contributed by atoms with Crippen molar-refractivity contribution in [2.24, 2.45) is 11.8 Å². The molecule has 8 nitrogen and oxygen atoms in total. The Morgan fingerprint density at radius 2 is 1.90 bits per heavy atom. The van der Waals surface area contributed by atoms with E-state index in [0.717, 1.165) is 6.07 Å². The summed E-state index contributed by atoms with van der Waals surface area (Å²) < 4.78 is 38.5. The average Bonchev–Trinajstić information content (AvgIpc) is 3.40. The maximum Gasteiger partial charge on any atom is 0.263 e. The van der Waals surface area contributed by atoms with Gasteiger partial charge in [0.1, 0.15) is 23.5 Å². The Balaban J connectivity index is 1.05. The number of fused-ring (bicyclic) bond motifs is 2. The lowest BCUT2D eigenvalue weighted by atomic mass is 9.76. The summed E-state index contributed by atoms with van der Waals surface area (Å²) in [6.07, 6.45) is -0.0561. The van der Waals surface area contributed by atoms with Crippen LogP contribution in [0.5, 0.6) is 11.5 Å². The maximum atomic E-state index is 13.7. The van der Waals surface area contributed by atoms with E-state index in [1.54, 1.807) is 18.2 Å². The molecule has 2 aromatic carbocycles. The van der Waals surface area contributed by atoms with Crippen LogP contribution < -0.4 is 25.0 Å². The third-order valence-electron chi connectivity index (χ3n) is 7.90. The van der Waals surface area contributed by atoms with Crippen LogP contribution in [0.4, 0.5) is 14.5 Å². The first kappa shape index (κ1) is 26.1. The van der Waals surface area contributed by atoms with Gasteiger partial charge in [-0.05, 0) is 61.9 Å². The van der Waals surface area contributed by atoms with E-state index in [0.29, 0.717) is 35.7 Å². The highest BCUT2D eigenvalue weighted by Crippen LogP contribution is 2.52. The van der Waals surface area contributed by atoms with Crippen molar-refractivity contribution in [3.63, 3.8) is 0 Å². The Labute approximate surface area is 232 Å². The molecule has 7 rings (SSSR count). The number of rotatable bonds is 7. The summed E-state index contributed by atoms with van der Waals surface area (Å²) in [5.74, 6) is -1.74. The Kier molecular flexibility index (Phi) is 6.58. The molecule has 1 aliphatic heterocycles. The van der Waals surface area contributed by atoms with Crippen LogP contribution in [-0.4, -0.2) is 54.7 Å². The number of ether oxygens (including phenoxy) is 2. The van der Waals surface area contributed by atoms with Crippen LogP contribution >= 0.6 is 23.2 Å². The zero-order valence-electron chi connectivity index (χ0n) is 20.6. The van der Waals surface area contributed by atoms with Gasteiger partial charge in [-0.1, -0.05) is 23.2 Å². The molecule has 206 valence electrons. The fourth-order valence-corrected chi connectivity index (χ4v) is 6.12. The van der Waals surface area contributed by atoms with Crippen LogP contribution in [0, 0.1) is 17.7 Å². The van der Waals surface area contributed by atoms with Gasteiger partial charge in [0.15, 0.2) is 12.7 Å². The van der Waals surface area contributed by atoms with Gasteiger partial charge in [0.05, 0.1) is 23.2 Å². The minimum Gasteiger partial charge on any atom is -0.484 e. The molecule has 0 radical (unpaired) electrons. The molecule has 5 aliphatic rings. The summed E-state index contributed by atoms with van der Waals surface area (Å²) in [5.41, 5.74) is -0.0662. The van der Waals surface area contributed by atoms with Crippen molar-refractivity contribution in [1.82, 2.24) is 10.6 Å². The molecular weight excluding hydrogens is 555 g/mol. The van der Waals surface area contributed by atoms with E-state index in [2.05, 4.69) is 10.6 Å². The van der Waals surface area contributed by atoms with E-state index < -0.39 is 29.5 Å². The van der Waals surface area contributed by atoms with Gasteiger partial charge in [-0.15, -0.1) is 0 Å². The number of halogens is 4. The van der Waals surface area contributed by atoms with Gasteiger partial charge < -0.3 is 25.0 Å². The third kappa shape index (κ3) is 5.12. The normalized spacial score (nSPS) is 29.9. The first-order chi connectivity index (χ1) is 18.6. The lowest BCUT2D eigenvalue weighted by Gasteiger charge is -2.41. The third-order valence-corrected chi connectivity index (χ3v) is 8.44. The van der Waals surface area contributed by atoms with E-state index in [9.17, 15) is 23.2 Å². The van der Waals surface area contributed by atoms with E-state index in [-0.39, 0.29) is 60.0 Å². The van der Waals surface area contributed by atoms with Crippen molar-refractivity contribution in [3.8, 4) is 11.5 Å². The molecule has 4 fully saturated rings. The SMILES string of the molecule is O=C(COc1ccc(Cl)c(F)c1)N[C@H]1CC2(NC(=O)C3CN(C(=O)[C@@H]4C[C@@H]4F)c4cc(Cl)ccc4O3)CC1C2. The number of benzene rings is 2. The van der Waals surface area contributed by atoms with Crippen LogP contribution in [0.3, 0.4) is 0 Å². The van der Waals surface area contributed by atoms with Gasteiger partial charge in [-0.2, -0.15) is 0 Å². The Hall–Kier alpha value is -3.11. The van der Waals surface area contributed by atoms with E-state index in [1.165, 1.54) is 17.0 Å². The summed E-state index contributed by atoms with van der Waals surface area (Å²) in [4.78, 5) is 40.1. The first-order valence-corrected chi connectivity index (χ1v) is 13.5. The first-order valence-electron chi connectivity index (χ1n) is 12.7. The second kappa shape index (κ2) is 9.82. The predicted octanol–water partition coefficient (Wildman–Crippen LogP) is 3.82. The molecule has 1 unspecified atom stereocenters. The van der Waals surface area contributed by atoms with Gasteiger partial charge in [0, 0.05) is 22.7 Å². The van der Waals surface area contributed by atoms with Crippen molar-refractivity contribution in [3.05, 3.63) is 52.3 Å². The fraction of sp³-hybridized carbons (Fsp3) is 0.444. The molecule has 39 heavy (non-hydrogen) atoms. The lowest BCUT2D eigenvalue weighted by Crippen LogP contribution is -2.58. The number of nitrogens with zero attached hydrogens (tertiary/aromatic N) is 1. The maximum absolute atomic E-state index is 13.7. The molecule has 4 atom stereocenters. The minimum absolute atomic E-state index is 0.0345. The van der Waals surface area contributed by atoms with Crippen molar-refractivity contribution in [2.45, 2.75) is 49.5 Å². The van der Waals surface area contributed by atoms with Crippen molar-refractivity contribution in [2.75, 3.05) is 18.1 Å². The number of amides is 3. The molecule has 2 aromatic rings. The van der Waals surface area contributed by atoms with Gasteiger partial charge in [0.2, 0.25) is 5.91 Å². The van der Waals surface area contributed by atoms with Gasteiger partial charge in [-0.25, -0.2) is 8.78 Å². The molecule has 0 saturated heterocycles. The molecule has 3 amide bonds. The number of nitrogens with one attached hydrogen (secondary N) is 2. The molecule has 0 spiro atoms. The standard InChI is InChI=1S/C27H25Cl2F2N3O5/c28-14-1-4-22-21(5-14)34(26(37)16-7-18(16)30)11-23(39-22)25(36)33-27-8-13(9-27)20(10-27)32-24(35)12-38-15-2-3-17(29)19(31)6-15/h1-6,13,16,18,20,23H,7-12H2,(H,32,35)(H,33,36)/t13?,16-,18+,20+,23?,27?/m1/s1. The summed E-state index contributed by atoms with van der Waals surface area (Å²) in [7, 11) is 0. The second-order valence-corrected chi connectivity index (χ2v) is 11.5. The quantitative estimate of drug-likeness (QED) is 0.520. The molecule has 12 heteroatoms. The molecule has 1 heterocycles. The number of carbonyl (C=O) groups is 3. The number of anilines is 1. The van der Waals surface area contributed by atoms with Crippen molar-refractivity contribution in [1.29, 1.82) is 0 Å². The zero-order chi connectivity index (χ0) is 27.5. The summed E-state index contributed by atoms with van der Waals surface area (Å²) in [6, 6.07) is 8.57. The topological polar surface area (TPSA) is 97.0 Å². The predicted molar refractivity (Wildman–Crippen MR) is 138 cm³/mol. The number of carbonyl (C=O) groups excluding carboxylic acids is 3. The van der Waals surface area contributed by atoms with Crippen molar-refractivity contribution < 1.29 is 32.6 Å². The van der Waals surface area contributed by atoms with E-state index in [4.69, 9.17) is 32.7 Å². The summed E-state index contributed by atoms with van der Waals surface area (Å²) >= 11 is 11.8. The molecule has 2 bridgehead atoms. The monoisotopic (exact) mass is 579 g/mol. The second-order valence-electron chi connectivity index (χ2n) is 10.7. The number of hydrogen-bond acceptors (Lipinski definition) is 5. The molecule has 4 saturated carbocycles. The van der Waals surface area contributed by atoms with E-state index in [1.807, 2.05) is 0 Å². The molecule has 4 aliphatic carbocycles. The molecule has 2 N–H and O–H groups in total.